The fraction of sp³-hybridized carbons (Fsp3) is 0.727. The van der Waals surface area contributed by atoms with Crippen molar-refractivity contribution in [1.82, 2.24) is 10.1 Å². The lowest BCUT2D eigenvalue weighted by molar-refractivity contribution is -0.137. The summed E-state index contributed by atoms with van der Waals surface area (Å²) in [7, 11) is 0. The normalized spacial score (nSPS) is 12.9. The summed E-state index contributed by atoms with van der Waals surface area (Å²) in [6, 6.07) is -0.494. The van der Waals surface area contributed by atoms with Crippen molar-refractivity contribution >= 4 is 5.97 Å². The van der Waals surface area contributed by atoms with Crippen molar-refractivity contribution in [2.24, 2.45) is 11.7 Å². The third kappa shape index (κ3) is 4.95. The predicted octanol–water partition coefficient (Wildman–Crippen LogP) is 1.52. The molecule has 3 N–H and O–H groups in total. The van der Waals surface area contributed by atoms with Crippen LogP contribution in [0.2, 0.25) is 0 Å². The van der Waals surface area contributed by atoms with Crippen molar-refractivity contribution in [3.05, 3.63) is 11.7 Å². The van der Waals surface area contributed by atoms with E-state index in [9.17, 15) is 4.79 Å². The Hall–Kier alpha value is -1.43. The Bertz CT molecular complexity index is 363. The van der Waals surface area contributed by atoms with Gasteiger partial charge in [-0.05, 0) is 18.8 Å². The van der Waals surface area contributed by atoms with Crippen molar-refractivity contribution in [2.45, 2.75) is 45.6 Å². The van der Waals surface area contributed by atoms with E-state index in [0.29, 0.717) is 24.1 Å². The van der Waals surface area contributed by atoms with Crippen molar-refractivity contribution in [3.63, 3.8) is 0 Å². The number of carboxylic acids is 1. The van der Waals surface area contributed by atoms with E-state index in [1.54, 1.807) is 0 Å². The topological polar surface area (TPSA) is 102 Å². The monoisotopic (exact) mass is 241 g/mol. The number of nitrogens with two attached hydrogens (primary N) is 1. The molecule has 17 heavy (non-hydrogen) atoms. The van der Waals surface area contributed by atoms with Crippen molar-refractivity contribution in [3.8, 4) is 0 Å². The van der Waals surface area contributed by atoms with Crippen LogP contribution < -0.4 is 5.73 Å². The Morgan fingerprint density at radius 1 is 1.47 bits per heavy atom. The zero-order valence-corrected chi connectivity index (χ0v) is 10.2. The largest absolute Gasteiger partial charge is 0.481 e. The second-order valence-electron chi connectivity index (χ2n) is 4.52. The molecule has 1 aromatic rings. The zero-order chi connectivity index (χ0) is 12.8. The van der Waals surface area contributed by atoms with Crippen molar-refractivity contribution in [2.75, 3.05) is 0 Å². The Labute approximate surface area is 100 Å². The first-order valence-corrected chi connectivity index (χ1v) is 5.79. The van der Waals surface area contributed by atoms with Crippen LogP contribution in [-0.2, 0) is 11.2 Å². The van der Waals surface area contributed by atoms with E-state index in [1.807, 2.05) is 0 Å². The van der Waals surface area contributed by atoms with Gasteiger partial charge in [-0.2, -0.15) is 4.98 Å². The van der Waals surface area contributed by atoms with Gasteiger partial charge in [-0.1, -0.05) is 19.0 Å². The third-order valence-corrected chi connectivity index (χ3v) is 2.42. The van der Waals surface area contributed by atoms with E-state index >= 15 is 0 Å². The van der Waals surface area contributed by atoms with Crippen LogP contribution in [0.1, 0.15) is 50.9 Å². The average Bonchev–Trinajstić information content (AvgIpc) is 2.71. The van der Waals surface area contributed by atoms with Crippen LogP contribution >= 0.6 is 0 Å². The summed E-state index contributed by atoms with van der Waals surface area (Å²) >= 11 is 0. The van der Waals surface area contributed by atoms with Crippen LogP contribution in [0.25, 0.3) is 0 Å². The van der Waals surface area contributed by atoms with Gasteiger partial charge in [-0.25, -0.2) is 0 Å². The highest BCUT2D eigenvalue weighted by Crippen LogP contribution is 2.14. The Balaban J connectivity index is 2.46. The fourth-order valence-electron chi connectivity index (χ4n) is 1.34. The molecule has 0 fully saturated rings. The molecule has 0 bridgehead atoms. The van der Waals surface area contributed by atoms with Crippen molar-refractivity contribution in [1.29, 1.82) is 0 Å². The van der Waals surface area contributed by atoms with Crippen LogP contribution in [0.5, 0.6) is 0 Å². The maximum atomic E-state index is 10.4. The lowest BCUT2D eigenvalue weighted by atomic mass is 10.1. The Kier molecular flexibility index (Phi) is 5.09. The number of rotatable bonds is 7. The minimum Gasteiger partial charge on any atom is -0.481 e. The van der Waals surface area contributed by atoms with Gasteiger partial charge in [-0.15, -0.1) is 0 Å². The number of aromatic nitrogens is 2. The van der Waals surface area contributed by atoms with Crippen LogP contribution in [0.4, 0.5) is 0 Å². The number of hydrogen-bond acceptors (Lipinski definition) is 5. The predicted molar refractivity (Wildman–Crippen MR) is 61.3 cm³/mol. The molecule has 1 atom stereocenters. The molecule has 1 rings (SSSR count). The lowest BCUT2D eigenvalue weighted by Gasteiger charge is -2.03. The number of hydrogen-bond donors (Lipinski definition) is 2. The molecule has 6 heteroatoms. The zero-order valence-electron chi connectivity index (χ0n) is 10.2. The smallest absolute Gasteiger partial charge is 0.303 e. The molecule has 0 aliphatic carbocycles. The molecule has 0 saturated carbocycles. The van der Waals surface area contributed by atoms with Crippen LogP contribution in [0.3, 0.4) is 0 Å². The molecule has 1 heterocycles. The summed E-state index contributed by atoms with van der Waals surface area (Å²) < 4.78 is 5.01. The summed E-state index contributed by atoms with van der Waals surface area (Å²) in [6.45, 7) is 4.25. The van der Waals surface area contributed by atoms with Gasteiger partial charge < -0.3 is 15.4 Å². The van der Waals surface area contributed by atoms with Gasteiger partial charge in [0.1, 0.15) is 0 Å². The molecule has 0 aliphatic heterocycles. The molecule has 0 aliphatic rings. The number of nitrogens with zero attached hydrogens (tertiary/aromatic N) is 2. The average molecular weight is 241 g/mol. The van der Waals surface area contributed by atoms with Gasteiger partial charge in [0, 0.05) is 12.8 Å². The molecule has 0 amide bonds. The second kappa shape index (κ2) is 6.34. The number of aryl methyl sites for hydroxylation is 1. The molecule has 6 nitrogen and oxygen atoms in total. The SMILES string of the molecule is CC(C)CCc1noc([C@@H](N)CCC(=O)O)n1. The van der Waals surface area contributed by atoms with E-state index in [0.717, 1.165) is 12.8 Å². The molecule has 96 valence electrons. The summed E-state index contributed by atoms with van der Waals surface area (Å²) in [5.41, 5.74) is 5.75. The maximum absolute atomic E-state index is 10.4. The first kappa shape index (κ1) is 13.6. The molecule has 0 spiro atoms. The lowest BCUT2D eigenvalue weighted by Crippen LogP contribution is -2.12. The highest BCUT2D eigenvalue weighted by atomic mass is 16.5. The molecule has 1 aromatic heterocycles. The molecular weight excluding hydrogens is 222 g/mol. The van der Waals surface area contributed by atoms with E-state index in [2.05, 4.69) is 24.0 Å². The molecule has 0 saturated heterocycles. The maximum Gasteiger partial charge on any atom is 0.303 e. The first-order valence-electron chi connectivity index (χ1n) is 5.79. The van der Waals surface area contributed by atoms with Gasteiger partial charge >= 0.3 is 5.97 Å². The minimum absolute atomic E-state index is 0.00484. The Morgan fingerprint density at radius 3 is 2.76 bits per heavy atom. The van der Waals surface area contributed by atoms with Crippen LogP contribution in [0, 0.1) is 5.92 Å². The Morgan fingerprint density at radius 2 is 2.18 bits per heavy atom. The van der Waals surface area contributed by atoms with E-state index in [-0.39, 0.29) is 6.42 Å². The van der Waals surface area contributed by atoms with E-state index < -0.39 is 12.0 Å². The first-order chi connectivity index (χ1) is 7.99. The van der Waals surface area contributed by atoms with Gasteiger partial charge in [-0.3, -0.25) is 4.79 Å². The third-order valence-electron chi connectivity index (χ3n) is 2.42. The van der Waals surface area contributed by atoms with Crippen LogP contribution in [0.15, 0.2) is 4.52 Å². The quantitative estimate of drug-likeness (QED) is 0.750. The molecule has 0 radical (unpaired) electrons. The summed E-state index contributed by atoms with van der Waals surface area (Å²) in [5.74, 6) is 0.669. The van der Waals surface area contributed by atoms with E-state index in [4.69, 9.17) is 15.4 Å². The van der Waals surface area contributed by atoms with Crippen molar-refractivity contribution < 1.29 is 14.4 Å². The highest BCUT2D eigenvalue weighted by molar-refractivity contribution is 5.66. The summed E-state index contributed by atoms with van der Waals surface area (Å²) in [4.78, 5) is 14.6. The number of aliphatic carboxylic acids is 1. The summed E-state index contributed by atoms with van der Waals surface area (Å²) in [6.07, 6.45) is 2.06. The van der Waals surface area contributed by atoms with Gasteiger partial charge in [0.2, 0.25) is 5.89 Å². The number of carboxylic acid groups (broad SMARTS) is 1. The number of carbonyl (C=O) groups is 1. The standard InChI is InChI=1S/C11H19N3O3/c1-7(2)3-5-9-13-11(17-14-9)8(12)4-6-10(15)16/h7-8H,3-6,12H2,1-2H3,(H,15,16)/t8-/m0/s1. The molecular formula is C11H19N3O3. The van der Waals surface area contributed by atoms with Crippen LogP contribution in [-0.4, -0.2) is 21.2 Å². The van der Waals surface area contributed by atoms with Gasteiger partial charge in [0.15, 0.2) is 5.82 Å². The molecule has 0 unspecified atom stereocenters. The highest BCUT2D eigenvalue weighted by Gasteiger charge is 2.15. The fourth-order valence-corrected chi connectivity index (χ4v) is 1.34. The van der Waals surface area contributed by atoms with Gasteiger partial charge in [0.25, 0.3) is 0 Å². The second-order valence-corrected chi connectivity index (χ2v) is 4.52. The minimum atomic E-state index is -0.875. The molecule has 0 aromatic carbocycles. The summed E-state index contributed by atoms with van der Waals surface area (Å²) in [5, 5.41) is 12.4. The van der Waals surface area contributed by atoms with E-state index in [1.165, 1.54) is 0 Å². The van der Waals surface area contributed by atoms with Gasteiger partial charge in [0.05, 0.1) is 6.04 Å².